The van der Waals surface area contributed by atoms with E-state index in [1.165, 1.54) is 0 Å². The Hall–Kier alpha value is -0.413. The Morgan fingerprint density at radius 1 is 1.36 bits per heavy atom. The highest BCUT2D eigenvalue weighted by Gasteiger charge is 2.48. The number of nitrogens with one attached hydrogen (secondary N) is 1. The van der Waals surface area contributed by atoms with Gasteiger partial charge in [-0.15, -0.1) is 0 Å². The maximum Gasteiger partial charge on any atom is 0.344 e. The number of rotatable bonds is 7. The van der Waals surface area contributed by atoms with Crippen LogP contribution in [0.1, 0.15) is 41.5 Å². The van der Waals surface area contributed by atoms with Crippen LogP contribution >= 0.6 is 22.6 Å². The van der Waals surface area contributed by atoms with E-state index in [-0.39, 0.29) is 40.9 Å². The second-order valence-electron chi connectivity index (χ2n) is 8.24. The molecule has 144 valence electrons. The first-order valence-electron chi connectivity index (χ1n) is 8.84. The van der Waals surface area contributed by atoms with E-state index >= 15 is 0 Å². The topological polar surface area (TPSA) is 64.6 Å². The van der Waals surface area contributed by atoms with E-state index < -0.39 is 8.32 Å². The average Bonchev–Trinajstić information content (AvgIpc) is 2.42. The summed E-state index contributed by atoms with van der Waals surface area (Å²) in [5.74, 6) is -0.443. The molecule has 1 saturated heterocycles. The Bertz CT molecular complexity index is 542. The number of ether oxygens (including phenoxy) is 1. The van der Waals surface area contributed by atoms with Crippen molar-refractivity contribution in [3.05, 3.63) is 9.66 Å². The third kappa shape index (κ3) is 5.53. The fraction of sp³-hybridized carbons (Fsp3) is 0.778. The van der Waals surface area contributed by atoms with Crippen molar-refractivity contribution in [1.82, 2.24) is 5.32 Å². The molecule has 1 N–H and O–H groups in total. The van der Waals surface area contributed by atoms with Crippen molar-refractivity contribution in [3.8, 4) is 0 Å². The van der Waals surface area contributed by atoms with Gasteiger partial charge in [-0.3, -0.25) is 4.79 Å². The van der Waals surface area contributed by atoms with E-state index in [2.05, 4.69) is 39.2 Å². The number of amides is 1. The lowest BCUT2D eigenvalue weighted by molar-refractivity contribution is -0.141. The first-order valence-corrected chi connectivity index (χ1v) is 12.8. The minimum atomic E-state index is -1.94. The molecule has 1 fully saturated rings. The van der Waals surface area contributed by atoms with Crippen LogP contribution in [0.2, 0.25) is 18.1 Å². The molecule has 0 aromatic carbocycles. The van der Waals surface area contributed by atoms with Gasteiger partial charge in [0.2, 0.25) is 5.91 Å². The van der Waals surface area contributed by atoms with Crippen LogP contribution in [0.3, 0.4) is 0 Å². The van der Waals surface area contributed by atoms with Crippen LogP contribution in [0, 0.1) is 11.8 Å². The molecular weight excluding hydrogens is 449 g/mol. The minimum absolute atomic E-state index is 0.0218. The van der Waals surface area contributed by atoms with Gasteiger partial charge < -0.3 is 14.5 Å². The number of β-lactam (4-membered cyclic amide) rings is 1. The summed E-state index contributed by atoms with van der Waals surface area (Å²) in [7, 11) is -1.94. The maximum absolute atomic E-state index is 12.2. The summed E-state index contributed by atoms with van der Waals surface area (Å²) in [6, 6.07) is -0.0218. The third-order valence-corrected chi connectivity index (χ3v) is 10.6. The molecular formula is C18H32INO4Si. The number of halogens is 1. The molecule has 1 amide bonds. The van der Waals surface area contributed by atoms with Crippen molar-refractivity contribution in [2.24, 2.45) is 11.8 Å². The van der Waals surface area contributed by atoms with Crippen molar-refractivity contribution in [2.75, 3.05) is 6.61 Å². The van der Waals surface area contributed by atoms with Crippen molar-refractivity contribution in [1.29, 1.82) is 0 Å². The number of hydrogen-bond acceptors (Lipinski definition) is 4. The van der Waals surface area contributed by atoms with E-state index in [0.29, 0.717) is 10.2 Å². The quantitative estimate of drug-likeness (QED) is 0.196. The van der Waals surface area contributed by atoms with Gasteiger partial charge >= 0.3 is 5.97 Å². The molecule has 4 atom stereocenters. The largest absolute Gasteiger partial charge is 0.462 e. The van der Waals surface area contributed by atoms with Gasteiger partial charge in [0.15, 0.2) is 8.32 Å². The molecule has 0 spiro atoms. The predicted octanol–water partition coefficient (Wildman–Crippen LogP) is 4.03. The lowest BCUT2D eigenvalue weighted by Gasteiger charge is -2.46. The van der Waals surface area contributed by atoms with Crippen molar-refractivity contribution in [3.63, 3.8) is 0 Å². The summed E-state index contributed by atoms with van der Waals surface area (Å²) >= 11 is 1.99. The molecule has 25 heavy (non-hydrogen) atoms. The number of carbonyl (C=O) groups is 2. The van der Waals surface area contributed by atoms with Gasteiger partial charge in [0, 0.05) is 6.04 Å². The van der Waals surface area contributed by atoms with Crippen LogP contribution < -0.4 is 5.32 Å². The first kappa shape index (κ1) is 22.6. The van der Waals surface area contributed by atoms with Crippen molar-refractivity contribution < 1.29 is 18.8 Å². The van der Waals surface area contributed by atoms with Crippen LogP contribution in [-0.4, -0.2) is 38.9 Å². The lowest BCUT2D eigenvalue weighted by atomic mass is 9.79. The van der Waals surface area contributed by atoms with Crippen LogP contribution in [0.15, 0.2) is 9.66 Å². The second-order valence-corrected chi connectivity index (χ2v) is 14.2. The summed E-state index contributed by atoms with van der Waals surface area (Å²) in [4.78, 5) is 23.9. The standard InChI is InChI=1S/C18H32INO4Si/c1-9-23-17(22)13(19)10-11(2)15-14(16(21)20-15)12(3)24-25(7,8)18(4,5)6/h10-12,14-15H,9H2,1-8H3,(H,20,21)/b13-10-/t11-,12+,14+,15+/m0/s1. The Kier molecular flexibility index (Phi) is 7.71. The van der Waals surface area contributed by atoms with Gasteiger partial charge in [-0.25, -0.2) is 4.79 Å². The molecule has 1 rings (SSSR count). The zero-order chi connectivity index (χ0) is 19.6. The number of carbonyl (C=O) groups excluding carboxylic acids is 2. The van der Waals surface area contributed by atoms with Crippen LogP contribution in [0.4, 0.5) is 0 Å². The normalized spacial score (nSPS) is 24.2. The van der Waals surface area contributed by atoms with Gasteiger partial charge in [0.1, 0.15) is 0 Å². The van der Waals surface area contributed by atoms with E-state index in [0.717, 1.165) is 0 Å². The third-order valence-electron chi connectivity index (χ3n) is 5.24. The van der Waals surface area contributed by atoms with Gasteiger partial charge in [0.25, 0.3) is 0 Å². The molecule has 0 bridgehead atoms. The molecule has 0 radical (unpaired) electrons. The predicted molar refractivity (Wildman–Crippen MR) is 111 cm³/mol. The molecule has 7 heteroatoms. The highest BCUT2D eigenvalue weighted by Crippen LogP contribution is 2.39. The van der Waals surface area contributed by atoms with Crippen LogP contribution in [0.25, 0.3) is 0 Å². The zero-order valence-electron chi connectivity index (χ0n) is 16.6. The highest BCUT2D eigenvalue weighted by atomic mass is 127. The molecule has 0 aromatic heterocycles. The van der Waals surface area contributed by atoms with E-state index in [1.54, 1.807) is 6.92 Å². The fourth-order valence-electron chi connectivity index (χ4n) is 2.70. The molecule has 1 aliphatic heterocycles. The first-order chi connectivity index (χ1) is 11.3. The highest BCUT2D eigenvalue weighted by molar-refractivity contribution is 14.1. The maximum atomic E-state index is 12.2. The molecule has 0 saturated carbocycles. The summed E-state index contributed by atoms with van der Waals surface area (Å²) in [6.45, 7) is 17.1. The summed E-state index contributed by atoms with van der Waals surface area (Å²) in [5.41, 5.74) is 0. The van der Waals surface area contributed by atoms with E-state index in [9.17, 15) is 9.59 Å². The molecule has 0 unspecified atom stereocenters. The summed E-state index contributed by atoms with van der Waals surface area (Å²) < 4.78 is 12.0. The van der Waals surface area contributed by atoms with E-state index in [1.807, 2.05) is 42.5 Å². The van der Waals surface area contributed by atoms with Gasteiger partial charge in [-0.05, 0) is 60.5 Å². The van der Waals surface area contributed by atoms with Crippen molar-refractivity contribution >= 4 is 42.8 Å². The van der Waals surface area contributed by atoms with Crippen molar-refractivity contribution in [2.45, 2.75) is 71.8 Å². The Morgan fingerprint density at radius 2 is 1.92 bits per heavy atom. The van der Waals surface area contributed by atoms with Gasteiger partial charge in [0.05, 0.1) is 22.2 Å². The van der Waals surface area contributed by atoms with Gasteiger partial charge in [-0.2, -0.15) is 0 Å². The molecule has 1 heterocycles. The van der Waals surface area contributed by atoms with Gasteiger partial charge in [-0.1, -0.05) is 33.8 Å². The fourth-order valence-corrected chi connectivity index (χ4v) is 4.85. The number of esters is 1. The van der Waals surface area contributed by atoms with E-state index in [4.69, 9.17) is 9.16 Å². The summed E-state index contributed by atoms with van der Waals surface area (Å²) in [6.07, 6.45) is 1.73. The molecule has 0 aliphatic carbocycles. The Balaban J connectivity index is 2.82. The molecule has 1 aliphatic rings. The monoisotopic (exact) mass is 481 g/mol. The second kappa shape index (κ2) is 8.52. The summed E-state index contributed by atoms with van der Waals surface area (Å²) in [5, 5.41) is 3.07. The smallest absolute Gasteiger partial charge is 0.344 e. The SMILES string of the molecule is CCOC(=O)/C(I)=C/[C@H](C)[C@H]1NC(=O)[C@@H]1[C@@H](C)O[Si](C)(C)C(C)(C)C. The number of hydrogen-bond donors (Lipinski definition) is 1. The van der Waals surface area contributed by atoms with Crippen LogP contribution in [-0.2, 0) is 18.8 Å². The van der Waals surface area contributed by atoms with Crippen LogP contribution in [0.5, 0.6) is 0 Å². The zero-order valence-corrected chi connectivity index (χ0v) is 19.8. The lowest BCUT2D eigenvalue weighted by Crippen LogP contribution is -2.65. The molecule has 0 aromatic rings. The molecule has 5 nitrogen and oxygen atoms in total. The Morgan fingerprint density at radius 3 is 2.36 bits per heavy atom. The average molecular weight is 481 g/mol. The Labute approximate surface area is 166 Å². The minimum Gasteiger partial charge on any atom is -0.462 e.